The van der Waals surface area contributed by atoms with E-state index in [4.69, 9.17) is 0 Å². The molecule has 0 bridgehead atoms. The van der Waals surface area contributed by atoms with E-state index in [1.807, 2.05) is 71.0 Å². The van der Waals surface area contributed by atoms with Gasteiger partial charge in [-0.05, 0) is 56.0 Å². The molecule has 0 atom stereocenters. The Balaban J connectivity index is 1.28. The zero-order valence-corrected chi connectivity index (χ0v) is 19.0. The van der Waals surface area contributed by atoms with E-state index in [0.29, 0.717) is 17.3 Å². The summed E-state index contributed by atoms with van der Waals surface area (Å²) in [6, 6.07) is 17.3. The fourth-order valence-electron chi connectivity index (χ4n) is 3.74. The molecule has 0 spiro atoms. The molecule has 2 amide bonds. The van der Waals surface area contributed by atoms with Gasteiger partial charge in [-0.2, -0.15) is 0 Å². The van der Waals surface area contributed by atoms with Crippen LogP contribution in [0.1, 0.15) is 41.0 Å². The molecule has 0 aliphatic carbocycles. The Morgan fingerprint density at radius 3 is 2.41 bits per heavy atom. The molecule has 3 aromatic rings. The first-order valence-corrected chi connectivity index (χ1v) is 11.9. The lowest BCUT2D eigenvalue weighted by Gasteiger charge is -2.26. The molecule has 1 aliphatic heterocycles. The molecule has 4 rings (SSSR count). The third-order valence-corrected chi connectivity index (χ3v) is 6.40. The van der Waals surface area contributed by atoms with Gasteiger partial charge in [0.15, 0.2) is 5.16 Å². The number of hydrogen-bond acceptors (Lipinski definition) is 5. The lowest BCUT2D eigenvalue weighted by molar-refractivity contribution is -0.118. The monoisotopic (exact) mass is 449 g/mol. The molecular weight excluding hydrogens is 422 g/mol. The second kappa shape index (κ2) is 10.5. The number of nitrogens with zero attached hydrogens (tertiary/aromatic N) is 4. The van der Waals surface area contributed by atoms with Crippen LogP contribution in [0.3, 0.4) is 0 Å². The van der Waals surface area contributed by atoms with E-state index < -0.39 is 0 Å². The summed E-state index contributed by atoms with van der Waals surface area (Å²) in [4.78, 5) is 26.9. The zero-order chi connectivity index (χ0) is 22.3. The Morgan fingerprint density at radius 1 is 0.969 bits per heavy atom. The number of benzene rings is 2. The summed E-state index contributed by atoms with van der Waals surface area (Å²) in [5.41, 5.74) is 2.63. The first-order chi connectivity index (χ1) is 15.6. The summed E-state index contributed by atoms with van der Waals surface area (Å²) in [6.07, 6.45) is 3.36. The van der Waals surface area contributed by atoms with E-state index in [1.54, 1.807) is 0 Å². The van der Waals surface area contributed by atoms with Crippen molar-refractivity contribution in [2.45, 2.75) is 37.9 Å². The minimum absolute atomic E-state index is 0.0799. The fraction of sp³-hybridized carbons (Fsp3) is 0.333. The molecule has 8 heteroatoms. The molecule has 0 unspecified atom stereocenters. The Bertz CT molecular complexity index is 1060. The zero-order valence-electron chi connectivity index (χ0n) is 18.2. The van der Waals surface area contributed by atoms with Crippen LogP contribution in [0.4, 0.5) is 0 Å². The topological polar surface area (TPSA) is 80.1 Å². The van der Waals surface area contributed by atoms with Crippen molar-refractivity contribution in [2.24, 2.45) is 0 Å². The Hall–Kier alpha value is -3.13. The van der Waals surface area contributed by atoms with Crippen LogP contribution in [0.2, 0.25) is 0 Å². The highest BCUT2D eigenvalue weighted by molar-refractivity contribution is 7.99. The third kappa shape index (κ3) is 5.37. The molecular formula is C24H27N5O2S. The summed E-state index contributed by atoms with van der Waals surface area (Å²) in [5.74, 6) is 1.03. The van der Waals surface area contributed by atoms with Crippen LogP contribution < -0.4 is 5.32 Å². The normalized spacial score (nSPS) is 13.7. The lowest BCUT2D eigenvalue weighted by Crippen LogP contribution is -2.35. The minimum atomic E-state index is -0.0799. The number of aryl methyl sites for hydroxylation is 1. The number of rotatable bonds is 7. The number of carbonyl (C=O) groups excluding carboxylic acids is 2. The van der Waals surface area contributed by atoms with Crippen molar-refractivity contribution in [1.29, 1.82) is 0 Å². The summed E-state index contributed by atoms with van der Waals surface area (Å²) in [7, 11) is 0. The standard InChI is InChI=1S/C24H27N5O2S/c1-18-26-27-24(29(18)21-8-4-2-5-9-21)32-17-22(30)25-16-19-10-12-20(13-11-19)23(31)28-14-6-3-7-15-28/h2,4-5,8-13H,3,6-7,14-17H2,1H3,(H,25,30). The van der Waals surface area contributed by atoms with Gasteiger partial charge in [0.05, 0.1) is 5.75 Å². The second-order valence-corrected chi connectivity index (χ2v) is 8.76. The summed E-state index contributed by atoms with van der Waals surface area (Å²) < 4.78 is 1.94. The third-order valence-electron chi connectivity index (χ3n) is 5.48. The van der Waals surface area contributed by atoms with Crippen LogP contribution in [-0.4, -0.2) is 50.3 Å². The SMILES string of the molecule is Cc1nnc(SCC(=O)NCc2ccc(C(=O)N3CCCCC3)cc2)n1-c1ccccc1. The second-order valence-electron chi connectivity index (χ2n) is 7.82. The van der Waals surface area contributed by atoms with Gasteiger partial charge >= 0.3 is 0 Å². The Labute approximate surface area is 192 Å². The van der Waals surface area contributed by atoms with Gasteiger partial charge in [0, 0.05) is 30.9 Å². The van der Waals surface area contributed by atoms with Crippen molar-refractivity contribution in [2.75, 3.05) is 18.8 Å². The number of likely N-dealkylation sites (tertiary alicyclic amines) is 1. The van der Waals surface area contributed by atoms with E-state index in [-0.39, 0.29) is 17.6 Å². The van der Waals surface area contributed by atoms with Gasteiger partial charge in [0.1, 0.15) is 5.82 Å². The molecule has 1 aromatic heterocycles. The smallest absolute Gasteiger partial charge is 0.253 e. The van der Waals surface area contributed by atoms with Crippen molar-refractivity contribution >= 4 is 23.6 Å². The van der Waals surface area contributed by atoms with Crippen LogP contribution in [0.5, 0.6) is 0 Å². The molecule has 0 saturated carbocycles. The maximum Gasteiger partial charge on any atom is 0.253 e. The van der Waals surface area contributed by atoms with E-state index in [9.17, 15) is 9.59 Å². The number of hydrogen-bond donors (Lipinski definition) is 1. The summed E-state index contributed by atoms with van der Waals surface area (Å²) in [5, 5.41) is 12.0. The summed E-state index contributed by atoms with van der Waals surface area (Å²) in [6.45, 7) is 3.99. The van der Waals surface area contributed by atoms with E-state index in [0.717, 1.165) is 43.0 Å². The van der Waals surface area contributed by atoms with Crippen LogP contribution in [0, 0.1) is 6.92 Å². The fourth-order valence-corrected chi connectivity index (χ4v) is 4.56. The van der Waals surface area contributed by atoms with Crippen LogP contribution in [0.15, 0.2) is 59.8 Å². The highest BCUT2D eigenvalue weighted by Gasteiger charge is 2.18. The molecule has 1 fully saturated rings. The van der Waals surface area contributed by atoms with Gasteiger partial charge in [0.2, 0.25) is 5.91 Å². The number of aromatic nitrogens is 3. The Kier molecular flexibility index (Phi) is 7.21. The largest absolute Gasteiger partial charge is 0.351 e. The lowest BCUT2D eigenvalue weighted by atomic mass is 10.1. The van der Waals surface area contributed by atoms with Crippen molar-refractivity contribution in [3.63, 3.8) is 0 Å². The number of amides is 2. The first kappa shape index (κ1) is 22.1. The van der Waals surface area contributed by atoms with Crippen LogP contribution >= 0.6 is 11.8 Å². The predicted molar refractivity (Wildman–Crippen MR) is 125 cm³/mol. The molecule has 2 heterocycles. The van der Waals surface area contributed by atoms with Crippen molar-refractivity contribution < 1.29 is 9.59 Å². The highest BCUT2D eigenvalue weighted by Crippen LogP contribution is 2.21. The van der Waals surface area contributed by atoms with Gasteiger partial charge in [-0.15, -0.1) is 10.2 Å². The van der Waals surface area contributed by atoms with Crippen LogP contribution in [-0.2, 0) is 11.3 Å². The number of carbonyl (C=O) groups is 2. The average Bonchev–Trinajstić information content (AvgIpc) is 3.22. The Morgan fingerprint density at radius 2 is 1.69 bits per heavy atom. The quantitative estimate of drug-likeness (QED) is 0.558. The van der Waals surface area contributed by atoms with Crippen molar-refractivity contribution in [1.82, 2.24) is 25.0 Å². The average molecular weight is 450 g/mol. The minimum Gasteiger partial charge on any atom is -0.351 e. The van der Waals surface area contributed by atoms with Gasteiger partial charge in [0.25, 0.3) is 5.91 Å². The molecule has 166 valence electrons. The summed E-state index contributed by atoms with van der Waals surface area (Å²) >= 11 is 1.36. The van der Waals surface area contributed by atoms with Crippen molar-refractivity contribution in [3.05, 3.63) is 71.5 Å². The number of para-hydroxylation sites is 1. The van der Waals surface area contributed by atoms with Gasteiger partial charge in [-0.3, -0.25) is 14.2 Å². The number of nitrogens with one attached hydrogen (secondary N) is 1. The number of thioether (sulfide) groups is 1. The predicted octanol–water partition coefficient (Wildman–Crippen LogP) is 3.61. The molecule has 1 N–H and O–H groups in total. The van der Waals surface area contributed by atoms with E-state index in [2.05, 4.69) is 15.5 Å². The maximum atomic E-state index is 12.6. The molecule has 1 aliphatic rings. The molecule has 2 aromatic carbocycles. The maximum absolute atomic E-state index is 12.6. The van der Waals surface area contributed by atoms with Gasteiger partial charge in [-0.1, -0.05) is 42.1 Å². The number of piperidine rings is 1. The van der Waals surface area contributed by atoms with E-state index in [1.165, 1.54) is 18.2 Å². The van der Waals surface area contributed by atoms with Crippen molar-refractivity contribution in [3.8, 4) is 5.69 Å². The molecule has 7 nitrogen and oxygen atoms in total. The molecule has 1 saturated heterocycles. The van der Waals surface area contributed by atoms with Crippen LogP contribution in [0.25, 0.3) is 5.69 Å². The highest BCUT2D eigenvalue weighted by atomic mass is 32.2. The van der Waals surface area contributed by atoms with E-state index >= 15 is 0 Å². The molecule has 0 radical (unpaired) electrons. The molecule has 32 heavy (non-hydrogen) atoms. The van der Waals surface area contributed by atoms with Gasteiger partial charge < -0.3 is 10.2 Å². The first-order valence-electron chi connectivity index (χ1n) is 10.9. The van der Waals surface area contributed by atoms with Gasteiger partial charge in [-0.25, -0.2) is 0 Å².